The summed E-state index contributed by atoms with van der Waals surface area (Å²) in [4.78, 5) is 13.7. The van der Waals surface area contributed by atoms with Gasteiger partial charge in [0.1, 0.15) is 0 Å². The number of benzene rings is 1. The van der Waals surface area contributed by atoms with E-state index in [1.807, 2.05) is 30.0 Å². The average molecular weight is 233 g/mol. The minimum atomic E-state index is 0.106. The first kappa shape index (κ1) is 12.1. The summed E-state index contributed by atoms with van der Waals surface area (Å²) >= 11 is 0. The summed E-state index contributed by atoms with van der Waals surface area (Å²) in [6, 6.07) is 10.3. The van der Waals surface area contributed by atoms with Gasteiger partial charge in [-0.1, -0.05) is 30.3 Å². The highest BCUT2D eigenvalue weighted by Gasteiger charge is 2.35. The lowest BCUT2D eigenvalue weighted by Gasteiger charge is -2.24. The smallest absolute Gasteiger partial charge is 0.223 e. The van der Waals surface area contributed by atoms with Crippen LogP contribution in [0, 0.1) is 5.92 Å². The SMILES string of the molecule is CC1C(CO)CC(=O)N1CCc1ccccc1. The fourth-order valence-electron chi connectivity index (χ4n) is 2.43. The maximum Gasteiger partial charge on any atom is 0.223 e. The summed E-state index contributed by atoms with van der Waals surface area (Å²) in [7, 11) is 0. The second-order valence-corrected chi connectivity index (χ2v) is 4.71. The van der Waals surface area contributed by atoms with Crippen LogP contribution in [0.2, 0.25) is 0 Å². The number of amides is 1. The molecule has 1 aliphatic heterocycles. The molecule has 3 nitrogen and oxygen atoms in total. The first-order chi connectivity index (χ1) is 8.22. The minimum Gasteiger partial charge on any atom is -0.396 e. The Labute approximate surface area is 102 Å². The predicted molar refractivity (Wildman–Crippen MR) is 66.5 cm³/mol. The van der Waals surface area contributed by atoms with Gasteiger partial charge in [-0.2, -0.15) is 0 Å². The van der Waals surface area contributed by atoms with Crippen LogP contribution >= 0.6 is 0 Å². The lowest BCUT2D eigenvalue weighted by Crippen LogP contribution is -2.35. The molecule has 2 atom stereocenters. The van der Waals surface area contributed by atoms with E-state index in [2.05, 4.69) is 12.1 Å². The molecule has 1 saturated heterocycles. The monoisotopic (exact) mass is 233 g/mol. The Morgan fingerprint density at radius 1 is 1.35 bits per heavy atom. The Balaban J connectivity index is 1.93. The Hall–Kier alpha value is -1.35. The zero-order valence-electron chi connectivity index (χ0n) is 10.2. The Morgan fingerprint density at radius 3 is 2.65 bits per heavy atom. The van der Waals surface area contributed by atoms with Gasteiger partial charge in [-0.3, -0.25) is 4.79 Å². The molecule has 0 aliphatic carbocycles. The number of aliphatic hydroxyl groups excluding tert-OH is 1. The van der Waals surface area contributed by atoms with Crippen LogP contribution in [0.5, 0.6) is 0 Å². The number of carbonyl (C=O) groups is 1. The van der Waals surface area contributed by atoms with Crippen LogP contribution in [-0.2, 0) is 11.2 Å². The van der Waals surface area contributed by atoms with Crippen LogP contribution in [0.15, 0.2) is 30.3 Å². The van der Waals surface area contributed by atoms with Crippen molar-refractivity contribution in [1.29, 1.82) is 0 Å². The Bertz CT molecular complexity index is 377. The molecule has 1 fully saturated rings. The standard InChI is InChI=1S/C14H19NO2/c1-11-13(10-16)9-14(17)15(11)8-7-12-5-3-2-4-6-12/h2-6,11,13,16H,7-10H2,1H3. The van der Waals surface area contributed by atoms with Gasteiger partial charge >= 0.3 is 0 Å². The molecule has 1 amide bonds. The molecule has 0 spiro atoms. The van der Waals surface area contributed by atoms with Crippen molar-refractivity contribution in [1.82, 2.24) is 4.90 Å². The van der Waals surface area contributed by atoms with E-state index in [-0.39, 0.29) is 24.5 Å². The second-order valence-electron chi connectivity index (χ2n) is 4.71. The molecule has 3 heteroatoms. The quantitative estimate of drug-likeness (QED) is 0.855. The maximum absolute atomic E-state index is 11.8. The van der Waals surface area contributed by atoms with Crippen molar-refractivity contribution in [2.45, 2.75) is 25.8 Å². The number of aliphatic hydroxyl groups is 1. The lowest BCUT2D eigenvalue weighted by atomic mass is 10.0. The normalized spacial score (nSPS) is 24.4. The first-order valence-electron chi connectivity index (χ1n) is 6.16. The zero-order chi connectivity index (χ0) is 12.3. The fraction of sp³-hybridized carbons (Fsp3) is 0.500. The fourth-order valence-corrected chi connectivity index (χ4v) is 2.43. The van der Waals surface area contributed by atoms with E-state index in [0.717, 1.165) is 13.0 Å². The van der Waals surface area contributed by atoms with Gasteiger partial charge in [0.2, 0.25) is 5.91 Å². The van der Waals surface area contributed by atoms with E-state index in [9.17, 15) is 9.90 Å². The van der Waals surface area contributed by atoms with E-state index in [1.165, 1.54) is 5.56 Å². The highest BCUT2D eigenvalue weighted by molar-refractivity contribution is 5.79. The van der Waals surface area contributed by atoms with E-state index in [1.54, 1.807) is 0 Å². The Morgan fingerprint density at radius 2 is 2.06 bits per heavy atom. The molecular weight excluding hydrogens is 214 g/mol. The van der Waals surface area contributed by atoms with Crippen LogP contribution < -0.4 is 0 Å². The second kappa shape index (κ2) is 5.32. The van der Waals surface area contributed by atoms with Crippen LogP contribution in [0.1, 0.15) is 18.9 Å². The van der Waals surface area contributed by atoms with Gasteiger partial charge < -0.3 is 10.0 Å². The van der Waals surface area contributed by atoms with E-state index in [4.69, 9.17) is 0 Å². The molecule has 2 rings (SSSR count). The van der Waals surface area contributed by atoms with E-state index in [0.29, 0.717) is 6.42 Å². The van der Waals surface area contributed by atoms with E-state index >= 15 is 0 Å². The zero-order valence-corrected chi connectivity index (χ0v) is 10.2. The van der Waals surface area contributed by atoms with Crippen molar-refractivity contribution < 1.29 is 9.90 Å². The van der Waals surface area contributed by atoms with Crippen molar-refractivity contribution in [3.63, 3.8) is 0 Å². The number of nitrogens with zero attached hydrogens (tertiary/aromatic N) is 1. The first-order valence-corrected chi connectivity index (χ1v) is 6.16. The third kappa shape index (κ3) is 2.67. The topological polar surface area (TPSA) is 40.5 Å². The summed E-state index contributed by atoms with van der Waals surface area (Å²) in [6.07, 6.45) is 1.38. The summed E-state index contributed by atoms with van der Waals surface area (Å²) in [5.41, 5.74) is 1.25. The van der Waals surface area contributed by atoms with Crippen LogP contribution in [-0.4, -0.2) is 35.1 Å². The molecule has 1 N–H and O–H groups in total. The van der Waals surface area contributed by atoms with Gasteiger partial charge in [0.15, 0.2) is 0 Å². The van der Waals surface area contributed by atoms with Gasteiger partial charge in [-0.25, -0.2) is 0 Å². The minimum absolute atomic E-state index is 0.106. The van der Waals surface area contributed by atoms with Crippen molar-refractivity contribution in [2.75, 3.05) is 13.2 Å². The molecule has 1 heterocycles. The van der Waals surface area contributed by atoms with Crippen molar-refractivity contribution in [3.05, 3.63) is 35.9 Å². The molecule has 0 bridgehead atoms. The molecule has 1 aromatic rings. The lowest BCUT2D eigenvalue weighted by molar-refractivity contribution is -0.128. The maximum atomic E-state index is 11.8. The predicted octanol–water partition coefficient (Wildman–Crippen LogP) is 1.46. The van der Waals surface area contributed by atoms with Gasteiger partial charge in [0.05, 0.1) is 0 Å². The van der Waals surface area contributed by atoms with Crippen LogP contribution in [0.25, 0.3) is 0 Å². The summed E-state index contributed by atoms with van der Waals surface area (Å²) in [5, 5.41) is 9.18. The molecule has 2 unspecified atom stereocenters. The van der Waals surface area contributed by atoms with Gasteiger partial charge in [-0.05, 0) is 18.9 Å². The molecule has 1 aliphatic rings. The highest BCUT2D eigenvalue weighted by atomic mass is 16.3. The van der Waals surface area contributed by atoms with Gasteiger partial charge in [-0.15, -0.1) is 0 Å². The van der Waals surface area contributed by atoms with Crippen LogP contribution in [0.4, 0.5) is 0 Å². The number of rotatable bonds is 4. The number of carbonyl (C=O) groups excluding carboxylic acids is 1. The van der Waals surface area contributed by atoms with Gasteiger partial charge in [0, 0.05) is 31.5 Å². The number of hydrogen-bond acceptors (Lipinski definition) is 2. The highest BCUT2D eigenvalue weighted by Crippen LogP contribution is 2.24. The third-order valence-corrected chi connectivity index (χ3v) is 3.65. The Kier molecular flexibility index (Phi) is 3.79. The van der Waals surface area contributed by atoms with E-state index < -0.39 is 0 Å². The molecule has 0 aromatic heterocycles. The molecule has 0 radical (unpaired) electrons. The van der Waals surface area contributed by atoms with Crippen molar-refractivity contribution in [2.24, 2.45) is 5.92 Å². The van der Waals surface area contributed by atoms with Crippen LogP contribution in [0.3, 0.4) is 0 Å². The molecule has 17 heavy (non-hydrogen) atoms. The number of likely N-dealkylation sites (tertiary alicyclic amines) is 1. The number of hydrogen-bond donors (Lipinski definition) is 1. The molecular formula is C14H19NO2. The molecule has 0 saturated carbocycles. The average Bonchev–Trinajstić information content (AvgIpc) is 2.63. The summed E-state index contributed by atoms with van der Waals surface area (Å²) in [6.45, 7) is 2.88. The van der Waals surface area contributed by atoms with Crippen molar-refractivity contribution >= 4 is 5.91 Å². The summed E-state index contributed by atoms with van der Waals surface area (Å²) in [5.74, 6) is 0.283. The molecule has 92 valence electrons. The largest absolute Gasteiger partial charge is 0.396 e. The van der Waals surface area contributed by atoms with Gasteiger partial charge in [0.25, 0.3) is 0 Å². The molecule has 1 aromatic carbocycles. The summed E-state index contributed by atoms with van der Waals surface area (Å²) < 4.78 is 0. The third-order valence-electron chi connectivity index (χ3n) is 3.65. The van der Waals surface area contributed by atoms with Crippen molar-refractivity contribution in [3.8, 4) is 0 Å².